The lowest BCUT2D eigenvalue weighted by molar-refractivity contribution is -0.132. The largest absolute Gasteiger partial charge is 0.508 e. The first-order chi connectivity index (χ1) is 15.3. The van der Waals surface area contributed by atoms with Crippen molar-refractivity contribution in [2.45, 2.75) is 67.4 Å². The molecule has 0 heterocycles. The second kappa shape index (κ2) is 12.5. The fraction of sp³-hybridized carbons (Fsp3) is 0.519. The number of Topliss-reactive ketones (excluding diaryl/α,β-unsaturated/α-hetero) is 3. The molecular weight excluding hydrogens is 420 g/mol. The van der Waals surface area contributed by atoms with Crippen LogP contribution in [0.4, 0.5) is 0 Å². The molecule has 1 aromatic carbocycles. The Kier molecular flexibility index (Phi) is 10.7. The number of hydrogen-bond donors (Lipinski definition) is 2. The fourth-order valence-electron chi connectivity index (χ4n) is 3.85. The van der Waals surface area contributed by atoms with E-state index < -0.39 is 17.9 Å². The minimum absolute atomic E-state index is 0.0107. The molecule has 4 unspecified atom stereocenters. The van der Waals surface area contributed by atoms with Gasteiger partial charge in [0.05, 0.1) is 19.1 Å². The molecule has 0 aromatic heterocycles. The number of phenols is 1. The second-order valence-electron chi connectivity index (χ2n) is 9.10. The number of aromatic hydroxyl groups is 1. The SMILES string of the molecule is COc1cc(O)cc(CC(C)=O)c1CC(C)C(=O)C(C)C(=O)C(C)=CC(C)=CC(C)C(C)O. The van der Waals surface area contributed by atoms with Crippen molar-refractivity contribution in [1.29, 1.82) is 0 Å². The van der Waals surface area contributed by atoms with Gasteiger partial charge in [-0.05, 0) is 63.8 Å². The summed E-state index contributed by atoms with van der Waals surface area (Å²) in [5, 5.41) is 19.6. The minimum Gasteiger partial charge on any atom is -0.508 e. The van der Waals surface area contributed by atoms with E-state index in [0.29, 0.717) is 22.4 Å². The highest BCUT2D eigenvalue weighted by Crippen LogP contribution is 2.32. The molecule has 0 amide bonds. The van der Waals surface area contributed by atoms with E-state index in [1.807, 2.05) is 19.9 Å². The van der Waals surface area contributed by atoms with Crippen LogP contribution in [0.1, 0.15) is 59.6 Å². The van der Waals surface area contributed by atoms with Gasteiger partial charge in [-0.25, -0.2) is 0 Å². The number of aliphatic hydroxyl groups excluding tert-OH is 1. The zero-order valence-corrected chi connectivity index (χ0v) is 21.1. The zero-order chi connectivity index (χ0) is 25.5. The Morgan fingerprint density at radius 3 is 2.18 bits per heavy atom. The molecule has 1 aromatic rings. The molecular formula is C27H38O6. The van der Waals surface area contributed by atoms with Gasteiger partial charge in [-0.3, -0.25) is 14.4 Å². The van der Waals surface area contributed by atoms with Crippen LogP contribution < -0.4 is 4.74 Å². The van der Waals surface area contributed by atoms with Gasteiger partial charge in [-0.15, -0.1) is 0 Å². The summed E-state index contributed by atoms with van der Waals surface area (Å²) in [5.74, 6) is -1.47. The van der Waals surface area contributed by atoms with E-state index in [1.54, 1.807) is 33.8 Å². The van der Waals surface area contributed by atoms with E-state index in [4.69, 9.17) is 4.74 Å². The highest BCUT2D eigenvalue weighted by atomic mass is 16.5. The third-order valence-electron chi connectivity index (χ3n) is 5.88. The summed E-state index contributed by atoms with van der Waals surface area (Å²) < 4.78 is 5.38. The summed E-state index contributed by atoms with van der Waals surface area (Å²) in [6.07, 6.45) is 3.55. The van der Waals surface area contributed by atoms with Gasteiger partial charge >= 0.3 is 0 Å². The maximum atomic E-state index is 13.1. The van der Waals surface area contributed by atoms with Crippen molar-refractivity contribution in [2.75, 3.05) is 7.11 Å². The van der Waals surface area contributed by atoms with Crippen molar-refractivity contribution >= 4 is 17.3 Å². The number of carbonyl (C=O) groups excluding carboxylic acids is 3. The molecule has 0 aliphatic heterocycles. The quantitative estimate of drug-likeness (QED) is 0.274. The normalized spacial score (nSPS) is 16.0. The number of aliphatic hydroxyl groups is 1. The van der Waals surface area contributed by atoms with E-state index in [2.05, 4.69) is 0 Å². The van der Waals surface area contributed by atoms with Crippen LogP contribution in [0.5, 0.6) is 11.5 Å². The summed E-state index contributed by atoms with van der Waals surface area (Å²) in [6.45, 7) is 12.0. The van der Waals surface area contributed by atoms with E-state index >= 15 is 0 Å². The molecule has 0 saturated carbocycles. The van der Waals surface area contributed by atoms with Gasteiger partial charge in [0.25, 0.3) is 0 Å². The summed E-state index contributed by atoms with van der Waals surface area (Å²) in [7, 11) is 1.47. The fourth-order valence-corrected chi connectivity index (χ4v) is 3.85. The Bertz CT molecular complexity index is 938. The molecule has 0 radical (unpaired) electrons. The molecule has 6 nitrogen and oxygen atoms in total. The smallest absolute Gasteiger partial charge is 0.168 e. The molecule has 0 bridgehead atoms. The van der Waals surface area contributed by atoms with Gasteiger partial charge in [0.15, 0.2) is 5.78 Å². The highest BCUT2D eigenvalue weighted by molar-refractivity contribution is 6.10. The summed E-state index contributed by atoms with van der Waals surface area (Å²) in [6, 6.07) is 2.97. The number of phenolic OH excluding ortho intramolecular Hbond substituents is 1. The Morgan fingerprint density at radius 1 is 1.06 bits per heavy atom. The van der Waals surface area contributed by atoms with Gasteiger partial charge in [-0.1, -0.05) is 31.6 Å². The Labute approximate surface area is 197 Å². The number of ketones is 3. The number of hydrogen-bond acceptors (Lipinski definition) is 6. The van der Waals surface area contributed by atoms with Crippen LogP contribution in [0.15, 0.2) is 35.4 Å². The number of benzene rings is 1. The molecule has 0 aliphatic rings. The monoisotopic (exact) mass is 458 g/mol. The number of allylic oxidation sites excluding steroid dienone is 3. The van der Waals surface area contributed by atoms with E-state index in [-0.39, 0.29) is 41.9 Å². The zero-order valence-electron chi connectivity index (χ0n) is 21.1. The molecule has 1 rings (SSSR count). The van der Waals surface area contributed by atoms with Crippen LogP contribution in [-0.4, -0.2) is 40.8 Å². The van der Waals surface area contributed by atoms with Gasteiger partial charge in [-0.2, -0.15) is 0 Å². The van der Waals surface area contributed by atoms with Crippen LogP contribution in [0.2, 0.25) is 0 Å². The Hall–Kier alpha value is -2.73. The summed E-state index contributed by atoms with van der Waals surface area (Å²) >= 11 is 0. The molecule has 33 heavy (non-hydrogen) atoms. The molecule has 4 atom stereocenters. The lowest BCUT2D eigenvalue weighted by atomic mass is 9.84. The molecule has 6 heteroatoms. The average molecular weight is 459 g/mol. The van der Waals surface area contributed by atoms with Crippen LogP contribution in [-0.2, 0) is 27.2 Å². The van der Waals surface area contributed by atoms with Gasteiger partial charge in [0, 0.05) is 24.3 Å². The van der Waals surface area contributed by atoms with Crippen molar-refractivity contribution in [3.8, 4) is 11.5 Å². The molecule has 0 spiro atoms. The van der Waals surface area contributed by atoms with E-state index in [1.165, 1.54) is 26.2 Å². The Morgan fingerprint density at radius 2 is 1.67 bits per heavy atom. The number of methoxy groups -OCH3 is 1. The first kappa shape index (κ1) is 28.3. The number of carbonyl (C=O) groups is 3. The summed E-state index contributed by atoms with van der Waals surface area (Å²) in [5.41, 5.74) is 2.63. The molecule has 2 N–H and O–H groups in total. The Balaban J connectivity index is 3.09. The van der Waals surface area contributed by atoms with E-state index in [9.17, 15) is 24.6 Å². The maximum absolute atomic E-state index is 13.1. The second-order valence-corrected chi connectivity index (χ2v) is 9.10. The van der Waals surface area contributed by atoms with Crippen LogP contribution in [0.3, 0.4) is 0 Å². The van der Waals surface area contributed by atoms with Crippen molar-refractivity contribution in [2.24, 2.45) is 17.8 Å². The molecule has 0 saturated heterocycles. The van der Waals surface area contributed by atoms with E-state index in [0.717, 1.165) is 5.57 Å². The molecule has 0 aliphatic carbocycles. The van der Waals surface area contributed by atoms with Gasteiger partial charge < -0.3 is 14.9 Å². The van der Waals surface area contributed by atoms with Crippen molar-refractivity contribution in [1.82, 2.24) is 0 Å². The first-order valence-corrected chi connectivity index (χ1v) is 11.3. The predicted molar refractivity (Wildman–Crippen MR) is 129 cm³/mol. The molecule has 182 valence electrons. The number of rotatable bonds is 12. The van der Waals surface area contributed by atoms with Crippen LogP contribution in [0, 0.1) is 17.8 Å². The van der Waals surface area contributed by atoms with Crippen molar-refractivity contribution in [3.05, 3.63) is 46.6 Å². The highest BCUT2D eigenvalue weighted by Gasteiger charge is 2.28. The lowest BCUT2D eigenvalue weighted by Gasteiger charge is -2.20. The van der Waals surface area contributed by atoms with Crippen molar-refractivity contribution < 1.29 is 29.3 Å². The first-order valence-electron chi connectivity index (χ1n) is 11.3. The topological polar surface area (TPSA) is 101 Å². The van der Waals surface area contributed by atoms with Gasteiger partial charge in [0.1, 0.15) is 23.1 Å². The predicted octanol–water partition coefficient (Wildman–Crippen LogP) is 4.39. The van der Waals surface area contributed by atoms with Crippen molar-refractivity contribution in [3.63, 3.8) is 0 Å². The summed E-state index contributed by atoms with van der Waals surface area (Å²) in [4.78, 5) is 37.7. The average Bonchev–Trinajstić information content (AvgIpc) is 2.72. The van der Waals surface area contributed by atoms with Gasteiger partial charge in [0.2, 0.25) is 0 Å². The number of ether oxygens (including phenoxy) is 1. The minimum atomic E-state index is -0.822. The van der Waals surface area contributed by atoms with Crippen LogP contribution in [0.25, 0.3) is 0 Å². The third-order valence-corrected chi connectivity index (χ3v) is 5.88. The maximum Gasteiger partial charge on any atom is 0.168 e. The third kappa shape index (κ3) is 8.28. The lowest BCUT2D eigenvalue weighted by Crippen LogP contribution is -2.28. The standard InChI is InChI=1S/C27H38O6/c1-15(9-16(2)21(7)29)10-17(3)26(31)20(6)27(32)18(4)11-24-22(12-19(5)28)13-23(30)14-25(24)33-8/h9-10,13-14,16,18,20-21,29-30H,11-12H2,1-8H3. The van der Waals surface area contributed by atoms with Crippen LogP contribution >= 0.6 is 0 Å². The molecule has 0 fully saturated rings.